The molecule has 1 amide bonds. The molecule has 3 nitrogen and oxygen atoms in total. The van der Waals surface area contributed by atoms with Gasteiger partial charge in [-0.15, -0.1) is 0 Å². The van der Waals surface area contributed by atoms with E-state index in [-0.39, 0.29) is 5.91 Å². The summed E-state index contributed by atoms with van der Waals surface area (Å²) in [5.74, 6) is 0.736. The Labute approximate surface area is 138 Å². The molecule has 2 aromatic rings. The van der Waals surface area contributed by atoms with Gasteiger partial charge >= 0.3 is 0 Å². The molecular weight excluding hydrogens is 286 g/mol. The molecule has 0 aliphatic carbocycles. The van der Waals surface area contributed by atoms with E-state index in [1.807, 2.05) is 57.2 Å². The van der Waals surface area contributed by atoms with Gasteiger partial charge < -0.3 is 10.1 Å². The topological polar surface area (TPSA) is 38.3 Å². The van der Waals surface area contributed by atoms with Crippen LogP contribution in [-0.2, 0) is 11.2 Å². The van der Waals surface area contributed by atoms with Gasteiger partial charge in [0.05, 0.1) is 0 Å². The van der Waals surface area contributed by atoms with Crippen LogP contribution in [0.25, 0.3) is 0 Å². The van der Waals surface area contributed by atoms with E-state index in [0.29, 0.717) is 13.0 Å². The molecule has 1 atom stereocenters. The number of rotatable bonds is 7. The molecule has 0 saturated heterocycles. The lowest BCUT2D eigenvalue weighted by atomic mass is 10.1. The highest BCUT2D eigenvalue weighted by molar-refractivity contribution is 5.81. The fourth-order valence-electron chi connectivity index (χ4n) is 2.40. The van der Waals surface area contributed by atoms with Gasteiger partial charge in [-0.05, 0) is 49.4 Å². The zero-order valence-corrected chi connectivity index (χ0v) is 14.1. The van der Waals surface area contributed by atoms with Crippen molar-refractivity contribution in [1.29, 1.82) is 0 Å². The van der Waals surface area contributed by atoms with E-state index in [1.54, 1.807) is 0 Å². The summed E-state index contributed by atoms with van der Waals surface area (Å²) in [6.07, 6.45) is 1.02. The molecular formula is C20H25NO2. The maximum absolute atomic E-state index is 12.3. The Balaban J connectivity index is 1.89. The van der Waals surface area contributed by atoms with Crippen molar-refractivity contribution in [3.63, 3.8) is 0 Å². The molecule has 2 aromatic carbocycles. The lowest BCUT2D eigenvalue weighted by molar-refractivity contribution is -0.128. The zero-order valence-electron chi connectivity index (χ0n) is 14.1. The molecule has 0 fully saturated rings. The van der Waals surface area contributed by atoms with Gasteiger partial charge in [-0.25, -0.2) is 0 Å². The summed E-state index contributed by atoms with van der Waals surface area (Å²) in [4.78, 5) is 12.3. The Morgan fingerprint density at radius 1 is 1.13 bits per heavy atom. The van der Waals surface area contributed by atoms with Crippen molar-refractivity contribution in [3.8, 4) is 5.75 Å². The second-order valence-electron chi connectivity index (χ2n) is 5.81. The number of hydrogen-bond donors (Lipinski definition) is 1. The molecule has 0 radical (unpaired) electrons. The van der Waals surface area contributed by atoms with Crippen molar-refractivity contribution in [2.45, 2.75) is 39.7 Å². The van der Waals surface area contributed by atoms with Gasteiger partial charge in [0.1, 0.15) is 5.75 Å². The smallest absolute Gasteiger partial charge is 0.261 e. The fraction of sp³-hybridized carbons (Fsp3) is 0.350. The van der Waals surface area contributed by atoms with Crippen LogP contribution in [0.3, 0.4) is 0 Å². The van der Waals surface area contributed by atoms with Gasteiger partial charge in [-0.1, -0.05) is 49.4 Å². The second-order valence-corrected chi connectivity index (χ2v) is 5.81. The largest absolute Gasteiger partial charge is 0.480 e. The Morgan fingerprint density at radius 3 is 2.57 bits per heavy atom. The number of hydrogen-bond acceptors (Lipinski definition) is 2. The first-order valence-corrected chi connectivity index (χ1v) is 8.15. The minimum absolute atomic E-state index is 0.0515. The van der Waals surface area contributed by atoms with Crippen molar-refractivity contribution in [3.05, 3.63) is 65.2 Å². The molecule has 122 valence electrons. The van der Waals surface area contributed by atoms with E-state index in [9.17, 15) is 4.79 Å². The van der Waals surface area contributed by atoms with E-state index < -0.39 is 6.10 Å². The average Bonchev–Trinajstić information content (AvgIpc) is 2.56. The summed E-state index contributed by atoms with van der Waals surface area (Å²) in [5.41, 5.74) is 3.40. The quantitative estimate of drug-likeness (QED) is 0.844. The minimum Gasteiger partial charge on any atom is -0.480 e. The van der Waals surface area contributed by atoms with Crippen LogP contribution in [0.2, 0.25) is 0 Å². The number of amides is 1. The molecule has 1 N–H and O–H groups in total. The Hall–Kier alpha value is -2.29. The Morgan fingerprint density at radius 2 is 1.87 bits per heavy atom. The molecule has 0 aliphatic rings. The highest BCUT2D eigenvalue weighted by Crippen LogP contribution is 2.21. The SMILES string of the molecule is CCC(Oc1cc(C)ccc1C)C(=O)NCCc1ccccc1. The highest BCUT2D eigenvalue weighted by atomic mass is 16.5. The second kappa shape index (κ2) is 8.37. The van der Waals surface area contributed by atoms with Crippen molar-refractivity contribution in [1.82, 2.24) is 5.32 Å². The number of carbonyl (C=O) groups is 1. The van der Waals surface area contributed by atoms with Crippen LogP contribution in [0.1, 0.15) is 30.0 Å². The van der Waals surface area contributed by atoms with Crippen LogP contribution >= 0.6 is 0 Å². The summed E-state index contributed by atoms with van der Waals surface area (Å²) in [7, 11) is 0. The number of benzene rings is 2. The minimum atomic E-state index is -0.453. The molecule has 0 spiro atoms. The van der Waals surface area contributed by atoms with Gasteiger partial charge in [-0.2, -0.15) is 0 Å². The molecule has 0 aromatic heterocycles. The summed E-state index contributed by atoms with van der Waals surface area (Å²) >= 11 is 0. The average molecular weight is 311 g/mol. The fourth-order valence-corrected chi connectivity index (χ4v) is 2.40. The summed E-state index contributed by atoms with van der Waals surface area (Å²) < 4.78 is 5.93. The van der Waals surface area contributed by atoms with E-state index in [2.05, 4.69) is 17.4 Å². The molecule has 0 heterocycles. The van der Waals surface area contributed by atoms with Crippen LogP contribution in [0, 0.1) is 13.8 Å². The number of carbonyl (C=O) groups excluding carboxylic acids is 1. The maximum atomic E-state index is 12.3. The standard InChI is InChI=1S/C20H25NO2/c1-4-18(23-19-14-15(2)10-11-16(19)3)20(22)21-13-12-17-8-6-5-7-9-17/h5-11,14,18H,4,12-13H2,1-3H3,(H,21,22). The highest BCUT2D eigenvalue weighted by Gasteiger charge is 2.18. The molecule has 0 bridgehead atoms. The summed E-state index contributed by atoms with van der Waals surface area (Å²) in [6, 6.07) is 16.2. The van der Waals surface area contributed by atoms with E-state index in [4.69, 9.17) is 4.74 Å². The number of aryl methyl sites for hydroxylation is 2. The predicted octanol–water partition coefficient (Wildman–Crippen LogP) is 3.82. The first-order chi connectivity index (χ1) is 11.1. The van der Waals surface area contributed by atoms with Crippen LogP contribution in [0.15, 0.2) is 48.5 Å². The summed E-state index contributed by atoms with van der Waals surface area (Å²) in [5, 5.41) is 2.97. The lowest BCUT2D eigenvalue weighted by Crippen LogP contribution is -2.39. The molecule has 1 unspecified atom stereocenters. The van der Waals surface area contributed by atoms with Gasteiger partial charge in [0.25, 0.3) is 5.91 Å². The van der Waals surface area contributed by atoms with Crippen molar-refractivity contribution in [2.75, 3.05) is 6.54 Å². The van der Waals surface area contributed by atoms with Crippen LogP contribution in [0.5, 0.6) is 5.75 Å². The van der Waals surface area contributed by atoms with Gasteiger partial charge in [0.2, 0.25) is 0 Å². The van der Waals surface area contributed by atoms with Crippen molar-refractivity contribution in [2.24, 2.45) is 0 Å². The summed E-state index contributed by atoms with van der Waals surface area (Å²) in [6.45, 7) is 6.60. The van der Waals surface area contributed by atoms with Crippen LogP contribution in [0.4, 0.5) is 0 Å². The van der Waals surface area contributed by atoms with Crippen molar-refractivity contribution >= 4 is 5.91 Å². The predicted molar refractivity (Wildman–Crippen MR) is 93.8 cm³/mol. The first-order valence-electron chi connectivity index (χ1n) is 8.15. The van der Waals surface area contributed by atoms with E-state index in [0.717, 1.165) is 23.3 Å². The third-order valence-corrected chi connectivity index (χ3v) is 3.83. The van der Waals surface area contributed by atoms with E-state index >= 15 is 0 Å². The van der Waals surface area contributed by atoms with Crippen LogP contribution < -0.4 is 10.1 Å². The van der Waals surface area contributed by atoms with Gasteiger partial charge in [-0.3, -0.25) is 4.79 Å². The van der Waals surface area contributed by atoms with Crippen molar-refractivity contribution < 1.29 is 9.53 Å². The molecule has 0 saturated carbocycles. The number of nitrogens with one attached hydrogen (secondary N) is 1. The lowest BCUT2D eigenvalue weighted by Gasteiger charge is -2.19. The number of ether oxygens (including phenoxy) is 1. The van der Waals surface area contributed by atoms with Gasteiger partial charge in [0.15, 0.2) is 6.10 Å². The molecule has 3 heteroatoms. The monoisotopic (exact) mass is 311 g/mol. The first kappa shape index (κ1) is 17.1. The molecule has 2 rings (SSSR count). The third kappa shape index (κ3) is 5.13. The Bertz CT molecular complexity index is 637. The Kier molecular flexibility index (Phi) is 6.21. The molecule has 0 aliphatic heterocycles. The maximum Gasteiger partial charge on any atom is 0.261 e. The third-order valence-electron chi connectivity index (χ3n) is 3.83. The van der Waals surface area contributed by atoms with E-state index in [1.165, 1.54) is 5.56 Å². The molecule has 23 heavy (non-hydrogen) atoms. The zero-order chi connectivity index (χ0) is 16.7. The van der Waals surface area contributed by atoms with Gasteiger partial charge in [0, 0.05) is 6.54 Å². The normalized spacial score (nSPS) is 11.8. The van der Waals surface area contributed by atoms with Crippen LogP contribution in [-0.4, -0.2) is 18.6 Å².